The Labute approximate surface area is 109 Å². The monoisotopic (exact) mass is 301 g/mol. The number of thioether (sulfide) groups is 1. The van der Waals surface area contributed by atoms with Crippen LogP contribution < -0.4 is 32.6 Å². The molecule has 0 radical (unpaired) electrons. The van der Waals surface area contributed by atoms with Crippen LogP contribution in [0.2, 0.25) is 0 Å². The first kappa shape index (κ1) is 13.1. The molecule has 1 aromatic rings. The summed E-state index contributed by atoms with van der Waals surface area (Å²) < 4.78 is 5.09. The van der Waals surface area contributed by atoms with Crippen molar-refractivity contribution in [3.8, 4) is 5.75 Å². The predicted octanol–water partition coefficient (Wildman–Crippen LogP) is -3.45. The topological polar surface area (TPSA) is 61.6 Å². The molecule has 0 fully saturated rings. The average molecular weight is 302 g/mol. The van der Waals surface area contributed by atoms with Crippen LogP contribution in [0.3, 0.4) is 0 Å². The fraction of sp³-hybridized carbons (Fsp3) is 0.200. The highest BCUT2D eigenvalue weighted by Crippen LogP contribution is 2.14. The summed E-state index contributed by atoms with van der Waals surface area (Å²) in [6, 6.07) is 7.82. The van der Waals surface area contributed by atoms with E-state index in [9.17, 15) is 0 Å². The van der Waals surface area contributed by atoms with Crippen LogP contribution in [0.15, 0.2) is 29.4 Å². The molecule has 0 unspecified atom stereocenters. The van der Waals surface area contributed by atoms with Gasteiger partial charge in [0.15, 0.2) is 0 Å². The van der Waals surface area contributed by atoms with E-state index in [-0.39, 0.29) is 17.0 Å². The standard InChI is InChI=1S/C10H11N3OS.BrH/c1-14-8-4-2-7(3-5-8)9-6-15-10(11)13-12-9;/h2-5H,6H2,1H3,(H2,11,13);1H. The van der Waals surface area contributed by atoms with E-state index in [4.69, 9.17) is 10.5 Å². The third-order valence-corrected chi connectivity index (χ3v) is 2.91. The van der Waals surface area contributed by atoms with E-state index in [2.05, 4.69) is 10.2 Å². The molecular formula is C10H12BrN3OS. The van der Waals surface area contributed by atoms with Gasteiger partial charge in [0, 0.05) is 5.56 Å². The summed E-state index contributed by atoms with van der Waals surface area (Å²) in [4.78, 5) is 0. The molecule has 0 spiro atoms. The number of ether oxygens (including phenoxy) is 1. The highest BCUT2D eigenvalue weighted by Gasteiger charge is 2.13. The number of methoxy groups -OCH3 is 1. The highest BCUT2D eigenvalue weighted by molar-refractivity contribution is 8.14. The molecule has 1 aromatic carbocycles. The van der Waals surface area contributed by atoms with Crippen molar-refractivity contribution in [1.29, 1.82) is 0 Å². The molecule has 0 amide bonds. The Morgan fingerprint density at radius 1 is 1.38 bits per heavy atom. The van der Waals surface area contributed by atoms with E-state index >= 15 is 0 Å². The van der Waals surface area contributed by atoms with Gasteiger partial charge in [-0.15, -0.1) is 5.10 Å². The van der Waals surface area contributed by atoms with Crippen LogP contribution in [-0.2, 0) is 0 Å². The Bertz CT molecular complexity index is 417. The van der Waals surface area contributed by atoms with E-state index in [0.29, 0.717) is 5.17 Å². The molecule has 0 aromatic heterocycles. The van der Waals surface area contributed by atoms with Crippen LogP contribution in [-0.4, -0.2) is 23.7 Å². The van der Waals surface area contributed by atoms with Crippen LogP contribution in [0.4, 0.5) is 0 Å². The third kappa shape index (κ3) is 2.99. The molecule has 1 aliphatic heterocycles. The first-order chi connectivity index (χ1) is 7.29. The normalized spacial score (nSPS) is 14.6. The number of hydrogen-bond donors (Lipinski definition) is 2. The van der Waals surface area contributed by atoms with E-state index in [1.54, 1.807) is 18.9 Å². The first-order valence-corrected chi connectivity index (χ1v) is 5.50. The molecule has 4 nitrogen and oxygen atoms in total. The number of halogens is 1. The summed E-state index contributed by atoms with van der Waals surface area (Å²) >= 11 is 1.55. The lowest BCUT2D eigenvalue weighted by atomic mass is 10.1. The quantitative estimate of drug-likeness (QED) is 0.597. The number of hydrogen-bond acceptors (Lipinski definition) is 4. The van der Waals surface area contributed by atoms with Gasteiger partial charge in [0.2, 0.25) is 0 Å². The maximum atomic E-state index is 5.56. The Morgan fingerprint density at radius 2 is 2.06 bits per heavy atom. The molecule has 16 heavy (non-hydrogen) atoms. The Balaban J connectivity index is 0.00000128. The minimum absolute atomic E-state index is 0. The minimum Gasteiger partial charge on any atom is -1.00 e. The number of nitrogens with zero attached hydrogens (tertiary/aromatic N) is 1. The van der Waals surface area contributed by atoms with Gasteiger partial charge in [0.1, 0.15) is 11.5 Å². The average Bonchev–Trinajstić information content (AvgIpc) is 2.30. The number of nitrogens with one attached hydrogen (secondary N) is 1. The Morgan fingerprint density at radius 3 is 2.56 bits per heavy atom. The van der Waals surface area contributed by atoms with E-state index in [1.807, 2.05) is 24.3 Å². The van der Waals surface area contributed by atoms with Crippen LogP contribution in [0.5, 0.6) is 5.75 Å². The van der Waals surface area contributed by atoms with Gasteiger partial charge < -0.3 is 21.7 Å². The van der Waals surface area contributed by atoms with E-state index in [1.165, 1.54) is 0 Å². The lowest BCUT2D eigenvalue weighted by Gasteiger charge is -2.06. The maximum Gasteiger partial charge on any atom is 0.327 e. The molecule has 0 bridgehead atoms. The van der Waals surface area contributed by atoms with Crippen molar-refractivity contribution < 1.29 is 26.8 Å². The number of rotatable bonds is 2. The Kier molecular flexibility index (Phi) is 4.82. The van der Waals surface area contributed by atoms with Crippen LogP contribution in [0.25, 0.3) is 0 Å². The zero-order chi connectivity index (χ0) is 10.7. The van der Waals surface area contributed by atoms with Gasteiger partial charge in [-0.25, -0.2) is 0 Å². The highest BCUT2D eigenvalue weighted by atomic mass is 79.9. The third-order valence-electron chi connectivity index (χ3n) is 2.09. The molecule has 1 heterocycles. The van der Waals surface area contributed by atoms with Crippen molar-refractivity contribution >= 4 is 22.6 Å². The number of hydrazone groups is 1. The fourth-order valence-corrected chi connectivity index (χ4v) is 1.90. The van der Waals surface area contributed by atoms with Gasteiger partial charge in [0.05, 0.1) is 12.9 Å². The van der Waals surface area contributed by atoms with Crippen LogP contribution in [0, 0.1) is 0 Å². The van der Waals surface area contributed by atoms with Gasteiger partial charge in [-0.1, -0.05) is 5.10 Å². The second-order valence-corrected chi connectivity index (χ2v) is 4.07. The molecule has 0 aliphatic carbocycles. The molecule has 3 N–H and O–H groups in total. The molecule has 2 rings (SSSR count). The molecule has 0 saturated heterocycles. The Hall–Kier alpha value is -1.01. The summed E-state index contributed by atoms with van der Waals surface area (Å²) in [5, 5.41) is 7.60. The predicted molar refractivity (Wildman–Crippen MR) is 62.1 cm³/mol. The lowest BCUT2D eigenvalue weighted by Crippen LogP contribution is -3.00. The second kappa shape index (κ2) is 5.91. The summed E-state index contributed by atoms with van der Waals surface area (Å²) in [6.45, 7) is 0. The van der Waals surface area contributed by atoms with Gasteiger partial charge in [0.25, 0.3) is 0 Å². The van der Waals surface area contributed by atoms with Crippen molar-refractivity contribution in [2.75, 3.05) is 12.9 Å². The van der Waals surface area contributed by atoms with Gasteiger partial charge in [-0.2, -0.15) is 0 Å². The van der Waals surface area contributed by atoms with E-state index < -0.39 is 0 Å². The van der Waals surface area contributed by atoms with Crippen LogP contribution >= 0.6 is 11.8 Å². The largest absolute Gasteiger partial charge is 1.00 e. The zero-order valence-electron chi connectivity index (χ0n) is 8.74. The molecule has 1 aliphatic rings. The smallest absolute Gasteiger partial charge is 0.327 e. The van der Waals surface area contributed by atoms with Crippen molar-refractivity contribution in [3.05, 3.63) is 29.8 Å². The molecule has 0 saturated carbocycles. The summed E-state index contributed by atoms with van der Waals surface area (Å²) in [5.74, 6) is 1.65. The number of nitrogens with two attached hydrogens (primary N) is 1. The molecule has 0 atom stereocenters. The summed E-state index contributed by atoms with van der Waals surface area (Å²) in [6.07, 6.45) is 0. The van der Waals surface area contributed by atoms with Gasteiger partial charge >= 0.3 is 5.17 Å². The zero-order valence-corrected chi connectivity index (χ0v) is 11.1. The van der Waals surface area contributed by atoms with Crippen molar-refractivity contribution in [1.82, 2.24) is 0 Å². The summed E-state index contributed by atoms with van der Waals surface area (Å²) in [5.41, 5.74) is 7.65. The number of amidine groups is 1. The molecule has 6 heteroatoms. The fourth-order valence-electron chi connectivity index (χ4n) is 1.26. The first-order valence-electron chi connectivity index (χ1n) is 4.52. The summed E-state index contributed by atoms with van der Waals surface area (Å²) in [7, 11) is 1.65. The van der Waals surface area contributed by atoms with Gasteiger partial charge in [-0.3, -0.25) is 5.73 Å². The maximum absolute atomic E-state index is 5.56. The number of benzene rings is 1. The van der Waals surface area contributed by atoms with Gasteiger partial charge in [-0.05, 0) is 36.0 Å². The molecule has 86 valence electrons. The van der Waals surface area contributed by atoms with E-state index in [0.717, 1.165) is 22.8 Å². The SMILES string of the molecule is COc1ccc(C2=N[NH+]=C(N)SC2)cc1.[Br-]. The second-order valence-electron chi connectivity index (χ2n) is 3.05. The minimum atomic E-state index is 0. The van der Waals surface area contributed by atoms with Crippen molar-refractivity contribution in [2.45, 2.75) is 0 Å². The molecular weight excluding hydrogens is 290 g/mol. The van der Waals surface area contributed by atoms with Crippen molar-refractivity contribution in [3.63, 3.8) is 0 Å². The van der Waals surface area contributed by atoms with Crippen LogP contribution in [0.1, 0.15) is 5.56 Å². The lowest BCUT2D eigenvalue weighted by molar-refractivity contribution is -0.460. The van der Waals surface area contributed by atoms with Crippen molar-refractivity contribution in [2.24, 2.45) is 10.8 Å².